The highest BCUT2D eigenvalue weighted by Crippen LogP contribution is 2.41. The first-order valence-electron chi connectivity index (χ1n) is 12.5. The monoisotopic (exact) mass is 500 g/mol. The van der Waals surface area contributed by atoms with Gasteiger partial charge in [0.2, 0.25) is 5.88 Å². The third-order valence-electron chi connectivity index (χ3n) is 6.91. The van der Waals surface area contributed by atoms with Gasteiger partial charge in [-0.25, -0.2) is 9.37 Å². The molecule has 3 aromatic rings. The van der Waals surface area contributed by atoms with E-state index < -0.39 is 5.97 Å². The molecule has 0 radical (unpaired) electrons. The lowest BCUT2D eigenvalue weighted by Crippen LogP contribution is -2.16. The highest BCUT2D eigenvalue weighted by atomic mass is 19.1. The summed E-state index contributed by atoms with van der Waals surface area (Å²) in [6.07, 6.45) is 4.16. The predicted molar refractivity (Wildman–Crippen MR) is 139 cm³/mol. The Bertz CT molecular complexity index is 1320. The molecule has 2 aliphatic rings. The highest BCUT2D eigenvalue weighted by molar-refractivity contribution is 5.71. The van der Waals surface area contributed by atoms with Crippen molar-refractivity contribution in [3.8, 4) is 28.8 Å². The second kappa shape index (κ2) is 11.0. The number of nitrogens with one attached hydrogen (secondary N) is 1. The average molecular weight is 501 g/mol. The molecule has 1 saturated heterocycles. The van der Waals surface area contributed by atoms with E-state index in [1.54, 1.807) is 13.1 Å². The first-order valence-corrected chi connectivity index (χ1v) is 12.5. The Morgan fingerprint density at radius 2 is 2.05 bits per heavy atom. The van der Waals surface area contributed by atoms with Crippen molar-refractivity contribution in [3.05, 3.63) is 77.2 Å². The van der Waals surface area contributed by atoms with Crippen LogP contribution in [0.25, 0.3) is 11.1 Å². The molecular weight excluding hydrogens is 471 g/mol. The molecule has 2 N–H and O–H groups in total. The Morgan fingerprint density at radius 1 is 1.22 bits per heavy atom. The van der Waals surface area contributed by atoms with Crippen molar-refractivity contribution >= 4 is 11.7 Å². The van der Waals surface area contributed by atoms with Crippen molar-refractivity contribution in [1.82, 2.24) is 4.98 Å². The fraction of sp³-hybridized carbons (Fsp3) is 0.333. The Hall–Kier alpha value is -3.89. The number of anilines is 1. The molecule has 0 saturated carbocycles. The number of ether oxygens (including phenoxy) is 2. The molecular formula is C30H29FN2O4. The molecule has 1 unspecified atom stereocenters. The summed E-state index contributed by atoms with van der Waals surface area (Å²) in [7, 11) is 0. The van der Waals surface area contributed by atoms with Crippen LogP contribution in [0.5, 0.6) is 5.88 Å². The SMILES string of the molecule is CC#CC(CC(=O)O)c1ccc(N[C@@H]2CCc3c(-c4ccc(O[C@@H]5CCOC5)nc4)ccc(F)c32)cc1. The molecule has 5 rings (SSSR count). The zero-order valence-corrected chi connectivity index (χ0v) is 20.7. The van der Waals surface area contributed by atoms with Crippen LogP contribution in [0.4, 0.5) is 10.1 Å². The van der Waals surface area contributed by atoms with Crippen molar-refractivity contribution in [1.29, 1.82) is 0 Å². The van der Waals surface area contributed by atoms with Gasteiger partial charge in [-0.15, -0.1) is 5.92 Å². The van der Waals surface area contributed by atoms with E-state index in [0.717, 1.165) is 47.2 Å². The van der Waals surface area contributed by atoms with Gasteiger partial charge in [0.15, 0.2) is 0 Å². The zero-order valence-electron chi connectivity index (χ0n) is 20.7. The number of halogens is 1. The molecule has 0 amide bonds. The molecule has 3 atom stereocenters. The van der Waals surface area contributed by atoms with Crippen LogP contribution in [0.1, 0.15) is 54.8 Å². The number of rotatable bonds is 8. The number of hydrogen-bond acceptors (Lipinski definition) is 5. The Morgan fingerprint density at radius 3 is 2.73 bits per heavy atom. The number of aromatic nitrogens is 1. The fourth-order valence-corrected chi connectivity index (χ4v) is 5.13. The van der Waals surface area contributed by atoms with E-state index in [4.69, 9.17) is 9.47 Å². The maximum absolute atomic E-state index is 15.0. The van der Waals surface area contributed by atoms with Gasteiger partial charge in [-0.2, -0.15) is 0 Å². The maximum atomic E-state index is 15.0. The Balaban J connectivity index is 1.33. The van der Waals surface area contributed by atoms with Crippen molar-refractivity contribution in [2.24, 2.45) is 0 Å². The number of carboxylic acid groups (broad SMARTS) is 1. The molecule has 6 nitrogen and oxygen atoms in total. The van der Waals surface area contributed by atoms with Gasteiger partial charge >= 0.3 is 5.97 Å². The standard InChI is InChI=1S/C30H29FN2O4/c1-2-3-20(16-29(34)35)19-4-7-22(8-5-19)33-27-12-10-25-24(9-11-26(31)30(25)27)21-6-13-28(32-17-21)37-23-14-15-36-18-23/h4-9,11,13,17,20,23,27,33H,10,12,14-16,18H2,1H3,(H,34,35)/t20?,23-,27-/m1/s1. The van der Waals surface area contributed by atoms with Crippen molar-refractivity contribution in [3.63, 3.8) is 0 Å². The number of aliphatic carboxylic acids is 1. The quantitative estimate of drug-likeness (QED) is 0.384. The third-order valence-corrected chi connectivity index (χ3v) is 6.91. The molecule has 1 aromatic heterocycles. The Labute approximate surface area is 215 Å². The number of carbonyl (C=O) groups is 1. The summed E-state index contributed by atoms with van der Waals surface area (Å²) in [4.78, 5) is 15.7. The van der Waals surface area contributed by atoms with Crippen LogP contribution < -0.4 is 10.1 Å². The summed E-state index contributed by atoms with van der Waals surface area (Å²) < 4.78 is 26.3. The van der Waals surface area contributed by atoms with Gasteiger partial charge in [0.05, 0.1) is 31.6 Å². The maximum Gasteiger partial charge on any atom is 0.304 e. The lowest BCUT2D eigenvalue weighted by atomic mass is 9.95. The van der Waals surface area contributed by atoms with Gasteiger partial charge in [-0.05, 0) is 60.7 Å². The first kappa shape index (κ1) is 24.8. The summed E-state index contributed by atoms with van der Waals surface area (Å²) in [5, 5.41) is 12.6. The van der Waals surface area contributed by atoms with E-state index in [0.29, 0.717) is 24.7 Å². The molecule has 37 heavy (non-hydrogen) atoms. The largest absolute Gasteiger partial charge is 0.481 e. The van der Waals surface area contributed by atoms with Gasteiger partial charge in [0.1, 0.15) is 11.9 Å². The number of benzene rings is 2. The van der Waals surface area contributed by atoms with Gasteiger partial charge in [0, 0.05) is 35.5 Å². The van der Waals surface area contributed by atoms with E-state index in [-0.39, 0.29) is 30.3 Å². The molecule has 1 aliphatic carbocycles. The summed E-state index contributed by atoms with van der Waals surface area (Å²) >= 11 is 0. The van der Waals surface area contributed by atoms with Crippen molar-refractivity contribution in [2.45, 2.75) is 50.7 Å². The normalized spacial score (nSPS) is 19.0. The molecule has 0 spiro atoms. The summed E-state index contributed by atoms with van der Waals surface area (Å²) in [5.74, 6) is 4.88. The third kappa shape index (κ3) is 5.60. The number of pyridine rings is 1. The highest BCUT2D eigenvalue weighted by Gasteiger charge is 2.29. The summed E-state index contributed by atoms with van der Waals surface area (Å²) in [6, 6.07) is 14.6. The van der Waals surface area contributed by atoms with Crippen molar-refractivity contribution < 1.29 is 23.8 Å². The molecule has 7 heteroatoms. The minimum absolute atomic E-state index is 0.0388. The minimum Gasteiger partial charge on any atom is -0.481 e. The van der Waals surface area contributed by atoms with Gasteiger partial charge in [0.25, 0.3) is 0 Å². The zero-order chi connectivity index (χ0) is 25.8. The predicted octanol–water partition coefficient (Wildman–Crippen LogP) is 5.74. The number of fused-ring (bicyclic) bond motifs is 1. The second-order valence-corrected chi connectivity index (χ2v) is 9.38. The molecule has 1 fully saturated rings. The lowest BCUT2D eigenvalue weighted by molar-refractivity contribution is -0.137. The Kier molecular flexibility index (Phi) is 7.38. The average Bonchev–Trinajstić information content (AvgIpc) is 3.56. The van der Waals surface area contributed by atoms with Crippen LogP contribution in [0.15, 0.2) is 54.7 Å². The topological polar surface area (TPSA) is 80.7 Å². The molecule has 2 aromatic carbocycles. The summed E-state index contributed by atoms with van der Waals surface area (Å²) in [6.45, 7) is 3.00. The van der Waals surface area contributed by atoms with Crippen molar-refractivity contribution in [2.75, 3.05) is 18.5 Å². The summed E-state index contributed by atoms with van der Waals surface area (Å²) in [5.41, 5.74) is 5.29. The molecule has 0 bridgehead atoms. The van der Waals surface area contributed by atoms with Crippen LogP contribution in [0.3, 0.4) is 0 Å². The van der Waals surface area contributed by atoms with E-state index in [1.165, 1.54) is 6.07 Å². The number of carboxylic acids is 1. The van der Waals surface area contributed by atoms with E-state index >= 15 is 4.39 Å². The minimum atomic E-state index is -0.885. The van der Waals surface area contributed by atoms with Crippen LogP contribution in [0, 0.1) is 17.7 Å². The number of nitrogens with zero attached hydrogens (tertiary/aromatic N) is 1. The second-order valence-electron chi connectivity index (χ2n) is 9.38. The van der Waals surface area contributed by atoms with Gasteiger partial charge in [-0.1, -0.05) is 24.1 Å². The lowest BCUT2D eigenvalue weighted by Gasteiger charge is -2.18. The molecule has 1 aliphatic heterocycles. The van der Waals surface area contributed by atoms with E-state index in [1.807, 2.05) is 42.5 Å². The number of hydrogen-bond donors (Lipinski definition) is 2. The van der Waals surface area contributed by atoms with Gasteiger partial charge in [-0.3, -0.25) is 4.79 Å². The van der Waals surface area contributed by atoms with Crippen LogP contribution in [-0.4, -0.2) is 35.4 Å². The molecule has 2 heterocycles. The van der Waals surface area contributed by atoms with Crippen LogP contribution in [-0.2, 0) is 16.0 Å². The molecule has 190 valence electrons. The van der Waals surface area contributed by atoms with Crippen LogP contribution in [0.2, 0.25) is 0 Å². The van der Waals surface area contributed by atoms with Gasteiger partial charge < -0.3 is 19.9 Å². The fourth-order valence-electron chi connectivity index (χ4n) is 5.13. The smallest absolute Gasteiger partial charge is 0.304 e. The first-order chi connectivity index (χ1) is 18.0. The van der Waals surface area contributed by atoms with E-state index in [2.05, 4.69) is 22.1 Å². The van der Waals surface area contributed by atoms with E-state index in [9.17, 15) is 9.90 Å². The van der Waals surface area contributed by atoms with Crippen LogP contribution >= 0.6 is 0 Å².